The highest BCUT2D eigenvalue weighted by atomic mass is 32.1. The summed E-state index contributed by atoms with van der Waals surface area (Å²) in [6.07, 6.45) is 1.52. The fraction of sp³-hybridized carbons (Fsp3) is 0.636. The van der Waals surface area contributed by atoms with Crippen molar-refractivity contribution in [2.75, 3.05) is 18.0 Å². The van der Waals surface area contributed by atoms with Gasteiger partial charge in [0.05, 0.1) is 6.42 Å². The molecule has 0 radical (unpaired) electrons. The first kappa shape index (κ1) is 13.7. The zero-order valence-electron chi connectivity index (χ0n) is 10.6. The second kappa shape index (κ2) is 5.96. The van der Waals surface area contributed by atoms with E-state index >= 15 is 0 Å². The van der Waals surface area contributed by atoms with E-state index in [9.17, 15) is 9.59 Å². The molecule has 1 amide bonds. The van der Waals surface area contributed by atoms with Crippen LogP contribution in [0.3, 0.4) is 0 Å². The number of carboxylic acid groups (broad SMARTS) is 1. The van der Waals surface area contributed by atoms with Gasteiger partial charge < -0.3 is 15.3 Å². The van der Waals surface area contributed by atoms with E-state index in [0.29, 0.717) is 18.2 Å². The van der Waals surface area contributed by atoms with E-state index in [1.165, 1.54) is 11.5 Å². The standard InChI is InChI=1S/C11H16N4O3S/c1-2-3-8-13-11(19-14-8)15-5-4-12-10(18)7(15)6-9(16)17/h7H,2-6H2,1H3,(H,12,18)(H,16,17). The molecule has 1 atom stereocenters. The lowest BCUT2D eigenvalue weighted by Gasteiger charge is -2.33. The number of nitrogens with zero attached hydrogens (tertiary/aromatic N) is 3. The molecule has 104 valence electrons. The van der Waals surface area contributed by atoms with Crippen LogP contribution >= 0.6 is 11.5 Å². The number of hydrogen-bond donors (Lipinski definition) is 2. The van der Waals surface area contributed by atoms with Gasteiger partial charge in [0.25, 0.3) is 0 Å². The number of aryl methyl sites for hydroxylation is 1. The summed E-state index contributed by atoms with van der Waals surface area (Å²) in [6.45, 7) is 3.10. The average Bonchev–Trinajstić information content (AvgIpc) is 2.80. The zero-order valence-corrected chi connectivity index (χ0v) is 11.4. The zero-order chi connectivity index (χ0) is 13.8. The Kier molecular flexibility index (Phi) is 4.31. The summed E-state index contributed by atoms with van der Waals surface area (Å²) in [6, 6.07) is -0.700. The summed E-state index contributed by atoms with van der Waals surface area (Å²) in [5.41, 5.74) is 0. The van der Waals surface area contributed by atoms with Crippen molar-refractivity contribution in [3.8, 4) is 0 Å². The van der Waals surface area contributed by atoms with Crippen LogP contribution in [0.5, 0.6) is 0 Å². The molecule has 8 heteroatoms. The van der Waals surface area contributed by atoms with Crippen LogP contribution in [0.1, 0.15) is 25.6 Å². The first-order chi connectivity index (χ1) is 9.11. The molecule has 0 spiro atoms. The van der Waals surface area contributed by atoms with Crippen LogP contribution < -0.4 is 10.2 Å². The summed E-state index contributed by atoms with van der Waals surface area (Å²) >= 11 is 1.22. The Morgan fingerprint density at radius 1 is 1.63 bits per heavy atom. The number of carbonyl (C=O) groups is 2. The van der Waals surface area contributed by atoms with Gasteiger partial charge in [0, 0.05) is 31.0 Å². The molecule has 1 saturated heterocycles. The van der Waals surface area contributed by atoms with E-state index in [1.807, 2.05) is 6.92 Å². The molecule has 0 aromatic carbocycles. The number of piperazine rings is 1. The van der Waals surface area contributed by atoms with Gasteiger partial charge in [-0.25, -0.2) is 4.98 Å². The van der Waals surface area contributed by atoms with Gasteiger partial charge in [-0.2, -0.15) is 4.37 Å². The highest BCUT2D eigenvalue weighted by Crippen LogP contribution is 2.23. The molecule has 0 saturated carbocycles. The molecular weight excluding hydrogens is 268 g/mol. The lowest BCUT2D eigenvalue weighted by atomic mass is 10.1. The number of amides is 1. The van der Waals surface area contributed by atoms with E-state index in [-0.39, 0.29) is 12.3 Å². The molecule has 19 heavy (non-hydrogen) atoms. The van der Waals surface area contributed by atoms with E-state index in [1.54, 1.807) is 4.90 Å². The predicted molar refractivity (Wildman–Crippen MR) is 70.3 cm³/mol. The maximum Gasteiger partial charge on any atom is 0.305 e. The first-order valence-corrected chi connectivity index (χ1v) is 6.98. The molecule has 7 nitrogen and oxygen atoms in total. The number of rotatable bonds is 5. The lowest BCUT2D eigenvalue weighted by Crippen LogP contribution is -2.56. The van der Waals surface area contributed by atoms with Crippen molar-refractivity contribution in [2.45, 2.75) is 32.2 Å². The minimum atomic E-state index is -0.995. The molecule has 1 fully saturated rings. The molecular formula is C11H16N4O3S. The third-order valence-corrected chi connectivity index (χ3v) is 3.67. The Bertz CT molecular complexity index is 476. The van der Waals surface area contributed by atoms with Crippen molar-refractivity contribution >= 4 is 28.5 Å². The van der Waals surface area contributed by atoms with Crippen LogP contribution in [0.15, 0.2) is 0 Å². The number of aromatic nitrogens is 2. The second-order valence-corrected chi connectivity index (χ2v) is 5.07. The summed E-state index contributed by atoms with van der Waals surface area (Å²) in [4.78, 5) is 28.8. The largest absolute Gasteiger partial charge is 0.481 e. The minimum absolute atomic E-state index is 0.228. The molecule has 0 bridgehead atoms. The van der Waals surface area contributed by atoms with Crippen LogP contribution in [0.2, 0.25) is 0 Å². The fourth-order valence-corrected chi connectivity index (χ4v) is 2.79. The molecule has 1 aliphatic heterocycles. The average molecular weight is 284 g/mol. The van der Waals surface area contributed by atoms with Crippen molar-refractivity contribution in [2.24, 2.45) is 0 Å². The second-order valence-electron chi connectivity index (χ2n) is 4.34. The third kappa shape index (κ3) is 3.19. The minimum Gasteiger partial charge on any atom is -0.481 e. The van der Waals surface area contributed by atoms with E-state index in [2.05, 4.69) is 14.7 Å². The van der Waals surface area contributed by atoms with Crippen molar-refractivity contribution in [3.63, 3.8) is 0 Å². The van der Waals surface area contributed by atoms with Crippen LogP contribution in [-0.2, 0) is 16.0 Å². The Hall–Kier alpha value is -1.70. The monoisotopic (exact) mass is 284 g/mol. The Balaban J connectivity index is 2.18. The summed E-state index contributed by atoms with van der Waals surface area (Å²) in [5.74, 6) is -0.506. The third-order valence-electron chi connectivity index (χ3n) is 2.88. The molecule has 0 aliphatic carbocycles. The van der Waals surface area contributed by atoms with Gasteiger partial charge in [-0.15, -0.1) is 0 Å². The molecule has 1 aromatic heterocycles. The fourth-order valence-electron chi connectivity index (χ4n) is 2.00. The van der Waals surface area contributed by atoms with Gasteiger partial charge in [0.2, 0.25) is 11.0 Å². The Morgan fingerprint density at radius 2 is 2.42 bits per heavy atom. The van der Waals surface area contributed by atoms with Crippen molar-refractivity contribution in [3.05, 3.63) is 5.82 Å². The summed E-state index contributed by atoms with van der Waals surface area (Å²) < 4.78 is 4.23. The number of carboxylic acids is 1. The SMILES string of the molecule is CCCc1nsc(N2CCNC(=O)C2CC(=O)O)n1. The predicted octanol–water partition coefficient (Wildman–Crippen LogP) is 0.270. The number of aliphatic carboxylic acids is 1. The van der Waals surface area contributed by atoms with Gasteiger partial charge in [-0.05, 0) is 6.42 Å². The quantitative estimate of drug-likeness (QED) is 0.806. The van der Waals surface area contributed by atoms with Crippen LogP contribution in [-0.4, -0.2) is 45.5 Å². The maximum absolute atomic E-state index is 11.8. The highest BCUT2D eigenvalue weighted by Gasteiger charge is 2.33. The van der Waals surface area contributed by atoms with E-state index in [4.69, 9.17) is 5.11 Å². The van der Waals surface area contributed by atoms with Gasteiger partial charge in [-0.1, -0.05) is 6.92 Å². The van der Waals surface area contributed by atoms with E-state index < -0.39 is 12.0 Å². The van der Waals surface area contributed by atoms with Gasteiger partial charge in [0.1, 0.15) is 11.9 Å². The number of anilines is 1. The first-order valence-electron chi connectivity index (χ1n) is 6.20. The molecule has 1 unspecified atom stereocenters. The number of hydrogen-bond acceptors (Lipinski definition) is 6. The molecule has 2 heterocycles. The van der Waals surface area contributed by atoms with Crippen LogP contribution in [0.25, 0.3) is 0 Å². The van der Waals surface area contributed by atoms with Crippen molar-refractivity contribution < 1.29 is 14.7 Å². The van der Waals surface area contributed by atoms with Gasteiger partial charge >= 0.3 is 5.97 Å². The molecule has 2 N–H and O–H groups in total. The number of nitrogens with one attached hydrogen (secondary N) is 1. The van der Waals surface area contributed by atoms with Gasteiger partial charge in [0.15, 0.2) is 0 Å². The van der Waals surface area contributed by atoms with E-state index in [0.717, 1.165) is 18.7 Å². The van der Waals surface area contributed by atoms with Crippen molar-refractivity contribution in [1.29, 1.82) is 0 Å². The van der Waals surface area contributed by atoms with Crippen LogP contribution in [0, 0.1) is 0 Å². The van der Waals surface area contributed by atoms with Crippen LogP contribution in [0.4, 0.5) is 5.13 Å². The van der Waals surface area contributed by atoms with Crippen molar-refractivity contribution in [1.82, 2.24) is 14.7 Å². The summed E-state index contributed by atoms with van der Waals surface area (Å²) in [5, 5.41) is 12.2. The lowest BCUT2D eigenvalue weighted by molar-refractivity contribution is -0.139. The summed E-state index contributed by atoms with van der Waals surface area (Å²) in [7, 11) is 0. The topological polar surface area (TPSA) is 95.4 Å². The Labute approximate surface area is 114 Å². The smallest absolute Gasteiger partial charge is 0.305 e. The van der Waals surface area contributed by atoms with Gasteiger partial charge in [-0.3, -0.25) is 9.59 Å². The molecule has 2 rings (SSSR count). The molecule has 1 aliphatic rings. The maximum atomic E-state index is 11.8. The number of carbonyl (C=O) groups excluding carboxylic acids is 1. The normalized spacial score (nSPS) is 19.3. The highest BCUT2D eigenvalue weighted by molar-refractivity contribution is 7.09. The molecule has 1 aromatic rings. The Morgan fingerprint density at radius 3 is 3.11 bits per heavy atom.